The van der Waals surface area contributed by atoms with E-state index in [2.05, 4.69) is 13.8 Å². The molecule has 1 fully saturated rings. The molecule has 1 saturated carbocycles. The molecule has 0 aliphatic heterocycles. The van der Waals surface area contributed by atoms with E-state index in [1.165, 1.54) is 6.07 Å². The summed E-state index contributed by atoms with van der Waals surface area (Å²) in [6.45, 7) is 6.09. The van der Waals surface area contributed by atoms with Gasteiger partial charge in [0.15, 0.2) is 0 Å². The Morgan fingerprint density at radius 2 is 1.93 bits per heavy atom. The highest BCUT2D eigenvalue weighted by molar-refractivity contribution is 5.39. The first-order valence-corrected chi connectivity index (χ1v) is 4.97. The Bertz CT molecular complexity index is 371. The highest BCUT2D eigenvalue weighted by Gasteiger charge is 2.56. The lowest BCUT2D eigenvalue weighted by atomic mass is 9.98. The van der Waals surface area contributed by atoms with Crippen molar-refractivity contribution in [1.29, 1.82) is 0 Å². The molecule has 0 unspecified atom stereocenters. The van der Waals surface area contributed by atoms with Crippen LogP contribution in [0.15, 0.2) is 18.2 Å². The molecule has 0 amide bonds. The zero-order valence-electron chi connectivity index (χ0n) is 8.84. The van der Waals surface area contributed by atoms with Crippen molar-refractivity contribution < 1.29 is 4.39 Å². The van der Waals surface area contributed by atoms with Gasteiger partial charge in [0.25, 0.3) is 0 Å². The molecule has 0 heterocycles. The van der Waals surface area contributed by atoms with Gasteiger partial charge in [-0.05, 0) is 29.5 Å². The maximum atomic E-state index is 13.3. The monoisotopic (exact) mass is 193 g/mol. The van der Waals surface area contributed by atoms with Gasteiger partial charge in [0.1, 0.15) is 5.82 Å². The summed E-state index contributed by atoms with van der Waals surface area (Å²) < 4.78 is 13.3. The van der Waals surface area contributed by atoms with Crippen molar-refractivity contribution in [3.8, 4) is 0 Å². The Kier molecular flexibility index (Phi) is 1.93. The molecule has 0 bridgehead atoms. The molecule has 1 aliphatic carbocycles. The zero-order chi connectivity index (χ0) is 10.5. The van der Waals surface area contributed by atoms with Crippen molar-refractivity contribution in [3.63, 3.8) is 0 Å². The van der Waals surface area contributed by atoms with Gasteiger partial charge in [0.2, 0.25) is 0 Å². The number of hydrogen-bond acceptors (Lipinski definition) is 1. The van der Waals surface area contributed by atoms with Crippen molar-refractivity contribution in [2.24, 2.45) is 11.1 Å². The van der Waals surface area contributed by atoms with Gasteiger partial charge in [-0.1, -0.05) is 26.0 Å². The van der Waals surface area contributed by atoms with Gasteiger partial charge < -0.3 is 5.73 Å². The third-order valence-electron chi connectivity index (χ3n) is 3.56. The summed E-state index contributed by atoms with van der Waals surface area (Å²) in [7, 11) is 0. The third-order valence-corrected chi connectivity index (χ3v) is 3.56. The highest BCUT2D eigenvalue weighted by Crippen LogP contribution is 2.57. The van der Waals surface area contributed by atoms with E-state index < -0.39 is 0 Å². The lowest BCUT2D eigenvalue weighted by molar-refractivity contribution is 0.590. The van der Waals surface area contributed by atoms with Crippen LogP contribution in [-0.2, 0) is 0 Å². The maximum Gasteiger partial charge on any atom is 0.126 e. The molecule has 1 nitrogen and oxygen atoms in total. The lowest BCUT2D eigenvalue weighted by Gasteiger charge is -2.07. The zero-order valence-corrected chi connectivity index (χ0v) is 8.84. The number of halogens is 1. The van der Waals surface area contributed by atoms with Gasteiger partial charge in [-0.25, -0.2) is 4.39 Å². The minimum atomic E-state index is -0.127. The summed E-state index contributed by atoms with van der Waals surface area (Å²) in [5.41, 5.74) is 7.92. The maximum absolute atomic E-state index is 13.3. The standard InChI is InChI=1S/C12H16FN/c1-7-8(5-4-6-9(7)13)10-11(14)12(10,2)3/h4-6,10-11H,14H2,1-3H3/t10-,11-/m1/s1. The van der Waals surface area contributed by atoms with E-state index in [0.717, 1.165) is 11.1 Å². The van der Waals surface area contributed by atoms with Crippen molar-refractivity contribution >= 4 is 0 Å². The molecule has 2 heteroatoms. The molecule has 2 N–H and O–H groups in total. The first kappa shape index (κ1) is 9.66. The molecule has 1 aliphatic rings. The van der Waals surface area contributed by atoms with Crippen LogP contribution in [0.1, 0.15) is 30.9 Å². The smallest absolute Gasteiger partial charge is 0.126 e. The summed E-state index contributed by atoms with van der Waals surface area (Å²) in [5.74, 6) is 0.190. The fourth-order valence-corrected chi connectivity index (χ4v) is 2.23. The fourth-order valence-electron chi connectivity index (χ4n) is 2.23. The minimum absolute atomic E-state index is 0.124. The summed E-state index contributed by atoms with van der Waals surface area (Å²) in [5, 5.41) is 0. The minimum Gasteiger partial charge on any atom is -0.327 e. The number of nitrogens with two attached hydrogens (primary N) is 1. The Hall–Kier alpha value is -0.890. The van der Waals surface area contributed by atoms with E-state index in [9.17, 15) is 4.39 Å². The van der Waals surface area contributed by atoms with Crippen molar-refractivity contribution in [1.82, 2.24) is 0 Å². The summed E-state index contributed by atoms with van der Waals surface area (Å²) in [6.07, 6.45) is 0. The Morgan fingerprint density at radius 1 is 1.36 bits per heavy atom. The normalized spacial score (nSPS) is 28.9. The van der Waals surface area contributed by atoms with Gasteiger partial charge >= 0.3 is 0 Å². The topological polar surface area (TPSA) is 26.0 Å². The van der Waals surface area contributed by atoms with Crippen LogP contribution in [0.4, 0.5) is 4.39 Å². The van der Waals surface area contributed by atoms with Crippen LogP contribution in [0.2, 0.25) is 0 Å². The molecule has 2 rings (SSSR count). The number of rotatable bonds is 1. The Morgan fingerprint density at radius 3 is 2.43 bits per heavy atom. The van der Waals surface area contributed by atoms with Crippen LogP contribution in [0.25, 0.3) is 0 Å². The quantitative estimate of drug-likeness (QED) is 0.729. The van der Waals surface area contributed by atoms with Crippen molar-refractivity contribution in [3.05, 3.63) is 35.1 Å². The van der Waals surface area contributed by atoms with E-state index in [1.54, 1.807) is 6.07 Å². The van der Waals surface area contributed by atoms with E-state index >= 15 is 0 Å². The van der Waals surface area contributed by atoms with Crippen LogP contribution in [0.3, 0.4) is 0 Å². The van der Waals surface area contributed by atoms with E-state index in [-0.39, 0.29) is 17.3 Å². The van der Waals surface area contributed by atoms with Gasteiger partial charge in [-0.2, -0.15) is 0 Å². The molecule has 1 aromatic rings. The second-order valence-corrected chi connectivity index (χ2v) is 4.78. The average molecular weight is 193 g/mol. The van der Waals surface area contributed by atoms with Crippen molar-refractivity contribution in [2.45, 2.75) is 32.7 Å². The van der Waals surface area contributed by atoms with Gasteiger partial charge in [0.05, 0.1) is 0 Å². The molecule has 1 aromatic carbocycles. The Balaban J connectivity index is 2.40. The lowest BCUT2D eigenvalue weighted by Crippen LogP contribution is -2.06. The first-order valence-electron chi connectivity index (χ1n) is 4.97. The molecule has 0 aromatic heterocycles. The summed E-state index contributed by atoms with van der Waals surface area (Å²) in [4.78, 5) is 0. The molecule has 0 saturated heterocycles. The predicted molar refractivity (Wildman–Crippen MR) is 55.6 cm³/mol. The van der Waals surface area contributed by atoms with Crippen LogP contribution in [0, 0.1) is 18.2 Å². The fraction of sp³-hybridized carbons (Fsp3) is 0.500. The number of benzene rings is 1. The third kappa shape index (κ3) is 1.17. The Labute approximate surface area is 84.1 Å². The van der Waals surface area contributed by atoms with Crippen LogP contribution >= 0.6 is 0 Å². The first-order chi connectivity index (χ1) is 6.46. The second-order valence-electron chi connectivity index (χ2n) is 4.78. The van der Waals surface area contributed by atoms with E-state index in [1.807, 2.05) is 13.0 Å². The SMILES string of the molecule is Cc1c(F)cccc1[C@@H]1[C@@H](N)C1(C)C. The largest absolute Gasteiger partial charge is 0.327 e. The molecule has 76 valence electrons. The summed E-state index contributed by atoms with van der Waals surface area (Å²) >= 11 is 0. The molecule has 0 radical (unpaired) electrons. The highest BCUT2D eigenvalue weighted by atomic mass is 19.1. The van der Waals surface area contributed by atoms with Crippen LogP contribution in [0.5, 0.6) is 0 Å². The molecular formula is C12H16FN. The molecular weight excluding hydrogens is 177 g/mol. The van der Waals surface area contributed by atoms with Gasteiger partial charge in [0, 0.05) is 12.0 Å². The van der Waals surface area contributed by atoms with Crippen molar-refractivity contribution in [2.75, 3.05) is 0 Å². The summed E-state index contributed by atoms with van der Waals surface area (Å²) in [6, 6.07) is 5.42. The molecule has 14 heavy (non-hydrogen) atoms. The number of hydrogen-bond donors (Lipinski definition) is 1. The van der Waals surface area contributed by atoms with E-state index in [4.69, 9.17) is 5.73 Å². The van der Waals surface area contributed by atoms with E-state index in [0.29, 0.717) is 5.92 Å². The molecule has 2 atom stereocenters. The molecule has 0 spiro atoms. The van der Waals surface area contributed by atoms with Gasteiger partial charge in [-0.15, -0.1) is 0 Å². The van der Waals surface area contributed by atoms with Crippen LogP contribution < -0.4 is 5.73 Å². The van der Waals surface area contributed by atoms with Crippen LogP contribution in [-0.4, -0.2) is 6.04 Å². The predicted octanol–water partition coefficient (Wildman–Crippen LogP) is 2.58. The average Bonchev–Trinajstić information content (AvgIpc) is 2.59. The van der Waals surface area contributed by atoms with Gasteiger partial charge in [-0.3, -0.25) is 0 Å². The second kappa shape index (κ2) is 2.80.